The van der Waals surface area contributed by atoms with Crippen molar-refractivity contribution < 1.29 is 17.6 Å². The molecule has 2 aliphatic carbocycles. The molecule has 3 unspecified atom stereocenters. The van der Waals surface area contributed by atoms with Crippen molar-refractivity contribution in [2.45, 2.75) is 36.6 Å². The van der Waals surface area contributed by atoms with E-state index >= 15 is 0 Å². The van der Waals surface area contributed by atoms with Crippen LogP contribution in [0.2, 0.25) is 0 Å². The molecule has 4 nitrogen and oxygen atoms in total. The molecule has 114 valence electrons. The first-order valence-electron chi connectivity index (χ1n) is 6.89. The summed E-state index contributed by atoms with van der Waals surface area (Å²) in [5, 5.41) is 2.86. The predicted molar refractivity (Wildman–Crippen MR) is 76.1 cm³/mol. The fourth-order valence-corrected chi connectivity index (χ4v) is 4.26. The van der Waals surface area contributed by atoms with Crippen LogP contribution in [0, 0.1) is 17.7 Å². The van der Waals surface area contributed by atoms with Crippen LogP contribution in [-0.2, 0) is 9.05 Å². The van der Waals surface area contributed by atoms with Gasteiger partial charge in [-0.25, -0.2) is 12.8 Å². The van der Waals surface area contributed by atoms with Crippen molar-refractivity contribution in [1.82, 2.24) is 5.32 Å². The molecule has 1 aromatic carbocycles. The summed E-state index contributed by atoms with van der Waals surface area (Å²) in [6.45, 7) is 0. The van der Waals surface area contributed by atoms with Gasteiger partial charge in [0.05, 0.1) is 10.5 Å². The normalized spacial score (nSPS) is 27.8. The fourth-order valence-electron chi connectivity index (χ4n) is 3.50. The maximum absolute atomic E-state index is 13.9. The Morgan fingerprint density at radius 1 is 1.29 bits per heavy atom. The minimum absolute atomic E-state index is 0.104. The number of hydrogen-bond acceptors (Lipinski definition) is 3. The van der Waals surface area contributed by atoms with Gasteiger partial charge >= 0.3 is 0 Å². The molecule has 1 aromatic rings. The van der Waals surface area contributed by atoms with E-state index in [0.717, 1.165) is 37.5 Å². The lowest BCUT2D eigenvalue weighted by Crippen LogP contribution is -2.38. The molecule has 21 heavy (non-hydrogen) atoms. The summed E-state index contributed by atoms with van der Waals surface area (Å²) in [6.07, 6.45) is 4.41. The zero-order valence-electron chi connectivity index (χ0n) is 11.2. The highest BCUT2D eigenvalue weighted by Gasteiger charge is 2.40. The minimum atomic E-state index is -4.00. The second kappa shape index (κ2) is 5.25. The summed E-state index contributed by atoms with van der Waals surface area (Å²) in [4.78, 5) is 11.8. The van der Waals surface area contributed by atoms with Crippen molar-refractivity contribution in [3.63, 3.8) is 0 Å². The van der Waals surface area contributed by atoms with Gasteiger partial charge in [-0.2, -0.15) is 0 Å². The van der Waals surface area contributed by atoms with Crippen LogP contribution in [0.4, 0.5) is 4.39 Å². The van der Waals surface area contributed by atoms with Gasteiger partial charge in [0.15, 0.2) is 0 Å². The first kappa shape index (κ1) is 14.8. The molecule has 0 radical (unpaired) electrons. The van der Waals surface area contributed by atoms with E-state index < -0.39 is 20.8 Å². The zero-order chi connectivity index (χ0) is 15.2. The standard InChI is InChI=1S/C14H15ClFNO3S/c15-21(19,20)10-3-4-11(12(16)7-10)14(18)17-13-6-8-1-2-9(13)5-8/h3-4,7-9,13H,1-2,5-6H2,(H,17,18). The molecule has 0 aromatic heterocycles. The van der Waals surface area contributed by atoms with Crippen LogP contribution in [-0.4, -0.2) is 20.4 Å². The number of hydrogen-bond donors (Lipinski definition) is 1. The number of nitrogens with one attached hydrogen (secondary N) is 1. The van der Waals surface area contributed by atoms with Crippen LogP contribution in [0.1, 0.15) is 36.0 Å². The molecular weight excluding hydrogens is 317 g/mol. The Morgan fingerprint density at radius 3 is 2.57 bits per heavy atom. The van der Waals surface area contributed by atoms with Gasteiger partial charge in [-0.1, -0.05) is 6.42 Å². The van der Waals surface area contributed by atoms with Crippen LogP contribution in [0.25, 0.3) is 0 Å². The SMILES string of the molecule is O=C(NC1CC2CCC1C2)c1ccc(S(=O)(=O)Cl)cc1F. The van der Waals surface area contributed by atoms with Crippen molar-refractivity contribution >= 4 is 25.6 Å². The molecule has 3 atom stereocenters. The van der Waals surface area contributed by atoms with E-state index in [4.69, 9.17) is 10.7 Å². The molecule has 7 heteroatoms. The van der Waals surface area contributed by atoms with E-state index in [0.29, 0.717) is 11.8 Å². The predicted octanol–water partition coefficient (Wildman–Crippen LogP) is 2.67. The highest BCUT2D eigenvalue weighted by atomic mass is 35.7. The molecule has 2 aliphatic rings. The summed E-state index contributed by atoms with van der Waals surface area (Å²) in [5.41, 5.74) is -0.151. The summed E-state index contributed by atoms with van der Waals surface area (Å²) >= 11 is 0. The van der Waals surface area contributed by atoms with Crippen molar-refractivity contribution in [3.05, 3.63) is 29.6 Å². The molecule has 0 aliphatic heterocycles. The molecule has 2 saturated carbocycles. The Hall–Kier alpha value is -1.14. The third-order valence-electron chi connectivity index (χ3n) is 4.52. The maximum Gasteiger partial charge on any atom is 0.261 e. The smallest absolute Gasteiger partial charge is 0.261 e. The number of halogens is 2. The van der Waals surface area contributed by atoms with Gasteiger partial charge in [0.1, 0.15) is 5.82 Å². The Bertz CT molecular complexity index is 691. The maximum atomic E-state index is 13.9. The summed E-state index contributed by atoms with van der Waals surface area (Å²) in [7, 11) is 1.15. The highest BCUT2D eigenvalue weighted by molar-refractivity contribution is 8.13. The third-order valence-corrected chi connectivity index (χ3v) is 5.87. The molecule has 0 saturated heterocycles. The Kier molecular flexibility index (Phi) is 3.69. The van der Waals surface area contributed by atoms with E-state index in [1.54, 1.807) is 0 Å². The second-order valence-corrected chi connectivity index (χ2v) is 8.40. The lowest BCUT2D eigenvalue weighted by atomic mass is 9.95. The highest BCUT2D eigenvalue weighted by Crippen LogP contribution is 2.44. The van der Waals surface area contributed by atoms with Crippen LogP contribution in [0.5, 0.6) is 0 Å². The number of amides is 1. The zero-order valence-corrected chi connectivity index (χ0v) is 12.8. The van der Waals surface area contributed by atoms with Crippen molar-refractivity contribution in [2.75, 3.05) is 0 Å². The average molecular weight is 332 g/mol. The first-order valence-corrected chi connectivity index (χ1v) is 9.20. The van der Waals surface area contributed by atoms with Gasteiger partial charge in [0.2, 0.25) is 0 Å². The van der Waals surface area contributed by atoms with Gasteiger partial charge < -0.3 is 5.32 Å². The lowest BCUT2D eigenvalue weighted by Gasteiger charge is -2.23. The Labute approximate surface area is 127 Å². The van der Waals surface area contributed by atoms with E-state index in [1.165, 1.54) is 6.42 Å². The van der Waals surface area contributed by atoms with E-state index in [2.05, 4.69) is 5.32 Å². The first-order chi connectivity index (χ1) is 9.84. The van der Waals surface area contributed by atoms with Crippen LogP contribution in [0.3, 0.4) is 0 Å². The van der Waals surface area contributed by atoms with Crippen molar-refractivity contribution in [1.29, 1.82) is 0 Å². The Balaban J connectivity index is 1.76. The summed E-state index contributed by atoms with van der Waals surface area (Å²) in [6, 6.07) is 3.18. The van der Waals surface area contributed by atoms with Crippen molar-refractivity contribution in [3.8, 4) is 0 Å². The molecule has 1 amide bonds. The molecule has 0 spiro atoms. The van der Waals surface area contributed by atoms with E-state index in [1.807, 2.05) is 0 Å². The van der Waals surface area contributed by atoms with Crippen LogP contribution < -0.4 is 5.32 Å². The molecular formula is C14H15ClFNO3S. The molecule has 2 bridgehead atoms. The van der Waals surface area contributed by atoms with Gasteiger partial charge in [-0.05, 0) is 49.3 Å². The molecule has 2 fully saturated rings. The van der Waals surface area contributed by atoms with Crippen molar-refractivity contribution in [2.24, 2.45) is 11.8 Å². The number of carbonyl (C=O) groups excluding carboxylic acids is 1. The number of fused-ring (bicyclic) bond motifs is 2. The monoisotopic (exact) mass is 331 g/mol. The summed E-state index contributed by atoms with van der Waals surface area (Å²) < 4.78 is 36.2. The van der Waals surface area contributed by atoms with E-state index in [-0.39, 0.29) is 16.5 Å². The number of carbonyl (C=O) groups is 1. The average Bonchev–Trinajstić information content (AvgIpc) is 2.99. The number of rotatable bonds is 3. The van der Waals surface area contributed by atoms with E-state index in [9.17, 15) is 17.6 Å². The number of benzene rings is 1. The quantitative estimate of drug-likeness (QED) is 0.866. The lowest BCUT2D eigenvalue weighted by molar-refractivity contribution is 0.0918. The van der Waals surface area contributed by atoms with Gasteiger partial charge in [-0.3, -0.25) is 4.79 Å². The Morgan fingerprint density at radius 2 is 2.05 bits per heavy atom. The fraction of sp³-hybridized carbons (Fsp3) is 0.500. The summed E-state index contributed by atoms with van der Waals surface area (Å²) in [5.74, 6) is -0.209. The van der Waals surface area contributed by atoms with Gasteiger partial charge in [-0.15, -0.1) is 0 Å². The second-order valence-electron chi connectivity index (χ2n) is 5.83. The molecule has 1 N–H and O–H groups in total. The minimum Gasteiger partial charge on any atom is -0.349 e. The third kappa shape index (κ3) is 2.92. The topological polar surface area (TPSA) is 63.2 Å². The molecule has 0 heterocycles. The van der Waals surface area contributed by atoms with Crippen LogP contribution in [0.15, 0.2) is 23.1 Å². The van der Waals surface area contributed by atoms with Gasteiger partial charge in [0, 0.05) is 16.7 Å². The van der Waals surface area contributed by atoms with Crippen LogP contribution >= 0.6 is 10.7 Å². The van der Waals surface area contributed by atoms with Gasteiger partial charge in [0.25, 0.3) is 15.0 Å². The largest absolute Gasteiger partial charge is 0.349 e. The molecule has 3 rings (SSSR count).